The average molecular weight is 1160 g/mol. The highest BCUT2D eigenvalue weighted by Crippen LogP contribution is 2.33. The summed E-state index contributed by atoms with van der Waals surface area (Å²) in [5, 5.41) is 120. The van der Waals surface area contributed by atoms with E-state index in [0.29, 0.717) is 12.8 Å². The van der Waals surface area contributed by atoms with Crippen LogP contribution in [0.15, 0.2) is 12.2 Å². The summed E-state index contributed by atoms with van der Waals surface area (Å²) in [4.78, 5) is 13.3. The number of carbonyl (C=O) groups excluding carboxylic acids is 1. The summed E-state index contributed by atoms with van der Waals surface area (Å²) in [6.45, 7) is 1.76. The van der Waals surface area contributed by atoms with E-state index in [4.69, 9.17) is 28.4 Å². The number of aliphatic hydroxyl groups is 11. The number of hydrogen-bond acceptors (Lipinski definition) is 18. The molecule has 478 valence electrons. The molecule has 1 amide bonds. The second kappa shape index (κ2) is 45.8. The zero-order chi connectivity index (χ0) is 59.0. The summed E-state index contributed by atoms with van der Waals surface area (Å²) in [6.07, 6.45) is 20.3. The zero-order valence-electron chi connectivity index (χ0n) is 50.0. The second-order valence-electron chi connectivity index (χ2n) is 23.6. The lowest BCUT2D eigenvalue weighted by Crippen LogP contribution is -2.66. The first-order valence-corrected chi connectivity index (χ1v) is 32.4. The number of nitrogens with one attached hydrogen (secondary N) is 1. The van der Waals surface area contributed by atoms with E-state index < -0.39 is 124 Å². The molecule has 0 aromatic heterocycles. The van der Waals surface area contributed by atoms with Gasteiger partial charge in [-0.25, -0.2) is 0 Å². The lowest BCUT2D eigenvalue weighted by atomic mass is 9.96. The lowest BCUT2D eigenvalue weighted by Gasteiger charge is -2.48. The van der Waals surface area contributed by atoms with Gasteiger partial charge in [0.05, 0.1) is 38.6 Å². The SMILES string of the molecule is CCCC/C=C\CCCCCCCC(=O)NC(COC1OC(CO)C(OC2OC(CO)C(OC3OC(CO)C(O)C(O)C3O)C(O)C2O)C(O)C1O)C(O)CCCCCCCCCCCCCCCCCCCCCCCCCCC. The molecule has 3 fully saturated rings. The summed E-state index contributed by atoms with van der Waals surface area (Å²) in [5.41, 5.74) is 0. The summed E-state index contributed by atoms with van der Waals surface area (Å²) in [6, 6.07) is -0.887. The molecule has 3 rings (SSSR count). The number of carbonyl (C=O) groups is 1. The Morgan fingerprint density at radius 3 is 1.23 bits per heavy atom. The van der Waals surface area contributed by atoms with Gasteiger partial charge in [0.1, 0.15) is 73.2 Å². The summed E-state index contributed by atoms with van der Waals surface area (Å²) in [5.74, 6) is -0.251. The van der Waals surface area contributed by atoms with Crippen LogP contribution in [0.5, 0.6) is 0 Å². The fourth-order valence-corrected chi connectivity index (χ4v) is 11.2. The Morgan fingerprint density at radius 2 is 0.790 bits per heavy atom. The maximum absolute atomic E-state index is 13.3. The predicted molar refractivity (Wildman–Crippen MR) is 310 cm³/mol. The maximum atomic E-state index is 13.3. The monoisotopic (exact) mass is 1160 g/mol. The third-order valence-corrected chi connectivity index (χ3v) is 16.6. The van der Waals surface area contributed by atoms with E-state index in [-0.39, 0.29) is 18.9 Å². The average Bonchev–Trinajstić information content (AvgIpc) is 3.48. The van der Waals surface area contributed by atoms with Gasteiger partial charge in [0.25, 0.3) is 0 Å². The molecule has 3 saturated heterocycles. The first kappa shape index (κ1) is 73.8. The maximum Gasteiger partial charge on any atom is 0.220 e. The van der Waals surface area contributed by atoms with Crippen LogP contribution in [-0.2, 0) is 33.2 Å². The minimum absolute atomic E-state index is 0.251. The third-order valence-electron chi connectivity index (χ3n) is 16.6. The van der Waals surface area contributed by atoms with Gasteiger partial charge in [0.2, 0.25) is 5.91 Å². The Bertz CT molecular complexity index is 1530. The van der Waals surface area contributed by atoms with Crippen LogP contribution < -0.4 is 5.32 Å². The number of ether oxygens (including phenoxy) is 6. The molecule has 3 heterocycles. The number of rotatable bonds is 49. The van der Waals surface area contributed by atoms with Gasteiger partial charge >= 0.3 is 0 Å². The molecule has 0 spiro atoms. The number of unbranched alkanes of at least 4 members (excludes halogenated alkanes) is 31. The Hall–Kier alpha value is -1.47. The van der Waals surface area contributed by atoms with Crippen LogP contribution in [0.1, 0.15) is 245 Å². The van der Waals surface area contributed by atoms with E-state index in [2.05, 4.69) is 31.3 Å². The van der Waals surface area contributed by atoms with Crippen LogP contribution >= 0.6 is 0 Å². The largest absolute Gasteiger partial charge is 0.394 e. The molecule has 19 heteroatoms. The van der Waals surface area contributed by atoms with E-state index in [1.807, 2.05) is 0 Å². The predicted octanol–water partition coefficient (Wildman–Crippen LogP) is 6.94. The standard InChI is InChI=1S/C62H117NO18/c1-3-5-7-9-11-13-15-16-17-18-19-20-21-22-23-24-25-26-27-28-30-31-33-35-37-39-46(67)45(63-50(68)40-38-36-34-32-29-14-12-10-8-6-4-2)44-76-60-56(74)53(71)58(48(42-65)78-60)81-62-57(75)54(72)59(49(43-66)79-62)80-61-55(73)52(70)51(69)47(41-64)77-61/h10,12,45-49,51-62,64-67,69-75H,3-9,11,13-44H2,1-2H3,(H,63,68)/b12-10-. The topological polar surface area (TPSA) is 307 Å². The van der Waals surface area contributed by atoms with Crippen molar-refractivity contribution in [1.82, 2.24) is 5.32 Å². The number of aliphatic hydroxyl groups excluding tert-OH is 11. The van der Waals surface area contributed by atoms with Gasteiger partial charge in [0, 0.05) is 6.42 Å². The van der Waals surface area contributed by atoms with Crippen molar-refractivity contribution in [3.05, 3.63) is 12.2 Å². The number of hydrogen-bond donors (Lipinski definition) is 12. The van der Waals surface area contributed by atoms with Crippen molar-refractivity contribution in [1.29, 1.82) is 0 Å². The Balaban J connectivity index is 1.42. The third kappa shape index (κ3) is 29.2. The minimum Gasteiger partial charge on any atom is -0.394 e. The molecular formula is C62H117NO18. The van der Waals surface area contributed by atoms with Crippen LogP contribution in [0.25, 0.3) is 0 Å². The molecule has 12 N–H and O–H groups in total. The zero-order valence-corrected chi connectivity index (χ0v) is 50.0. The highest BCUT2D eigenvalue weighted by molar-refractivity contribution is 5.76. The molecule has 0 saturated carbocycles. The molecule has 0 aromatic carbocycles. The van der Waals surface area contributed by atoms with E-state index in [1.165, 1.54) is 148 Å². The van der Waals surface area contributed by atoms with Crippen molar-refractivity contribution in [3.8, 4) is 0 Å². The smallest absolute Gasteiger partial charge is 0.220 e. The second-order valence-corrected chi connectivity index (χ2v) is 23.6. The van der Waals surface area contributed by atoms with Gasteiger partial charge in [-0.2, -0.15) is 0 Å². The molecule has 0 aromatic rings. The summed E-state index contributed by atoms with van der Waals surface area (Å²) < 4.78 is 34.3. The Labute approximate surface area is 486 Å². The van der Waals surface area contributed by atoms with Crippen LogP contribution in [0.3, 0.4) is 0 Å². The molecule has 0 radical (unpaired) electrons. The van der Waals surface area contributed by atoms with Crippen molar-refractivity contribution in [2.24, 2.45) is 0 Å². The molecule has 3 aliphatic heterocycles. The van der Waals surface area contributed by atoms with Gasteiger partial charge in [-0.3, -0.25) is 4.79 Å². The fourth-order valence-electron chi connectivity index (χ4n) is 11.2. The highest BCUT2D eigenvalue weighted by Gasteiger charge is 2.53. The molecule has 3 aliphatic rings. The number of allylic oxidation sites excluding steroid dienone is 2. The first-order valence-electron chi connectivity index (χ1n) is 32.4. The quantitative estimate of drug-likeness (QED) is 0.0217. The van der Waals surface area contributed by atoms with Crippen LogP contribution in [-0.4, -0.2) is 193 Å². The van der Waals surface area contributed by atoms with Crippen LogP contribution in [0, 0.1) is 0 Å². The molecule has 0 aliphatic carbocycles. The van der Waals surface area contributed by atoms with Gasteiger partial charge < -0.3 is 89.9 Å². The Morgan fingerprint density at radius 1 is 0.432 bits per heavy atom. The molecular weight excluding hydrogens is 1050 g/mol. The Kier molecular flexibility index (Phi) is 41.7. The molecule has 0 bridgehead atoms. The fraction of sp³-hybridized carbons (Fsp3) is 0.952. The van der Waals surface area contributed by atoms with Crippen molar-refractivity contribution in [3.63, 3.8) is 0 Å². The van der Waals surface area contributed by atoms with Gasteiger partial charge in [-0.15, -0.1) is 0 Å². The van der Waals surface area contributed by atoms with Crippen molar-refractivity contribution in [2.75, 3.05) is 26.4 Å². The van der Waals surface area contributed by atoms with Crippen molar-refractivity contribution in [2.45, 2.75) is 349 Å². The highest BCUT2D eigenvalue weighted by atomic mass is 16.8. The van der Waals surface area contributed by atoms with Gasteiger partial charge in [0.15, 0.2) is 18.9 Å². The minimum atomic E-state index is -1.97. The van der Waals surface area contributed by atoms with Crippen LogP contribution in [0.4, 0.5) is 0 Å². The van der Waals surface area contributed by atoms with Gasteiger partial charge in [-0.05, 0) is 32.1 Å². The van der Waals surface area contributed by atoms with Crippen molar-refractivity contribution < 1.29 is 89.4 Å². The van der Waals surface area contributed by atoms with Crippen molar-refractivity contribution >= 4 is 5.91 Å². The van der Waals surface area contributed by atoms with Gasteiger partial charge in [-0.1, -0.05) is 219 Å². The molecule has 19 nitrogen and oxygen atoms in total. The molecule has 17 atom stereocenters. The normalized spacial score (nSPS) is 29.8. The lowest BCUT2D eigenvalue weighted by molar-refractivity contribution is -0.379. The van der Waals surface area contributed by atoms with E-state index in [1.54, 1.807) is 0 Å². The van der Waals surface area contributed by atoms with Crippen LogP contribution in [0.2, 0.25) is 0 Å². The van der Waals surface area contributed by atoms with E-state index >= 15 is 0 Å². The summed E-state index contributed by atoms with van der Waals surface area (Å²) in [7, 11) is 0. The van der Waals surface area contributed by atoms with E-state index in [0.717, 1.165) is 64.2 Å². The van der Waals surface area contributed by atoms with E-state index in [9.17, 15) is 61.0 Å². The summed E-state index contributed by atoms with van der Waals surface area (Å²) >= 11 is 0. The first-order chi connectivity index (χ1) is 39.3. The molecule has 81 heavy (non-hydrogen) atoms. The molecule has 17 unspecified atom stereocenters. The number of amides is 1.